The standard InChI is InChI=1S/C12H16N2O3/c13-9-1-3-11(4-2-9)17-8-12(16)14-6-5-10(15)7-14/h1-4,10,15H,5-8,13H2. The summed E-state index contributed by atoms with van der Waals surface area (Å²) >= 11 is 0. The van der Waals surface area contributed by atoms with E-state index < -0.39 is 6.10 Å². The summed E-state index contributed by atoms with van der Waals surface area (Å²) in [4.78, 5) is 13.3. The summed E-state index contributed by atoms with van der Waals surface area (Å²) in [5.41, 5.74) is 6.20. The lowest BCUT2D eigenvalue weighted by Gasteiger charge is -2.15. The molecule has 0 radical (unpaired) electrons. The van der Waals surface area contributed by atoms with Crippen molar-refractivity contribution in [1.29, 1.82) is 0 Å². The first-order chi connectivity index (χ1) is 8.15. The molecule has 1 atom stereocenters. The van der Waals surface area contributed by atoms with Gasteiger partial charge in [-0.15, -0.1) is 0 Å². The number of aliphatic hydroxyl groups is 1. The molecule has 1 heterocycles. The Bertz CT molecular complexity index is 391. The maximum absolute atomic E-state index is 11.7. The molecule has 5 heteroatoms. The first-order valence-electron chi connectivity index (χ1n) is 5.59. The molecular formula is C12H16N2O3. The number of amides is 1. The van der Waals surface area contributed by atoms with Crippen LogP contribution in [0.4, 0.5) is 5.69 Å². The predicted octanol–water partition coefficient (Wildman–Crippen LogP) is 0.241. The van der Waals surface area contributed by atoms with Gasteiger partial charge >= 0.3 is 0 Å². The fourth-order valence-corrected chi connectivity index (χ4v) is 1.77. The van der Waals surface area contributed by atoms with Crippen molar-refractivity contribution in [2.75, 3.05) is 25.4 Å². The second-order valence-electron chi connectivity index (χ2n) is 4.14. The molecule has 1 aromatic carbocycles. The van der Waals surface area contributed by atoms with Crippen molar-refractivity contribution in [3.8, 4) is 5.75 Å². The van der Waals surface area contributed by atoms with Crippen LogP contribution in [-0.2, 0) is 4.79 Å². The molecule has 1 aromatic rings. The van der Waals surface area contributed by atoms with Gasteiger partial charge in [0.2, 0.25) is 0 Å². The SMILES string of the molecule is Nc1ccc(OCC(=O)N2CCC(O)C2)cc1. The van der Waals surface area contributed by atoms with E-state index in [0.717, 1.165) is 0 Å². The molecule has 2 rings (SSSR count). The molecule has 0 aromatic heterocycles. The summed E-state index contributed by atoms with van der Waals surface area (Å²) < 4.78 is 5.34. The van der Waals surface area contributed by atoms with Crippen LogP contribution in [0.3, 0.4) is 0 Å². The van der Waals surface area contributed by atoms with Gasteiger partial charge < -0.3 is 20.5 Å². The van der Waals surface area contributed by atoms with Gasteiger partial charge in [0.05, 0.1) is 6.10 Å². The van der Waals surface area contributed by atoms with Gasteiger partial charge in [0, 0.05) is 18.8 Å². The number of rotatable bonds is 3. The highest BCUT2D eigenvalue weighted by Gasteiger charge is 2.24. The zero-order valence-corrected chi connectivity index (χ0v) is 9.50. The van der Waals surface area contributed by atoms with Crippen LogP contribution in [0.25, 0.3) is 0 Å². The normalized spacial score (nSPS) is 19.4. The summed E-state index contributed by atoms with van der Waals surface area (Å²) in [7, 11) is 0. The maximum Gasteiger partial charge on any atom is 0.260 e. The first-order valence-corrected chi connectivity index (χ1v) is 5.59. The predicted molar refractivity (Wildman–Crippen MR) is 63.6 cm³/mol. The van der Waals surface area contributed by atoms with Gasteiger partial charge in [0.25, 0.3) is 5.91 Å². The van der Waals surface area contributed by atoms with Crippen LogP contribution in [0.15, 0.2) is 24.3 Å². The van der Waals surface area contributed by atoms with Crippen LogP contribution < -0.4 is 10.5 Å². The number of likely N-dealkylation sites (tertiary alicyclic amines) is 1. The molecule has 3 N–H and O–H groups in total. The zero-order chi connectivity index (χ0) is 12.3. The topological polar surface area (TPSA) is 75.8 Å². The molecule has 1 saturated heterocycles. The highest BCUT2D eigenvalue weighted by molar-refractivity contribution is 5.78. The Balaban J connectivity index is 1.82. The number of anilines is 1. The second-order valence-corrected chi connectivity index (χ2v) is 4.14. The number of hydrogen-bond donors (Lipinski definition) is 2. The average Bonchev–Trinajstić information content (AvgIpc) is 2.75. The van der Waals surface area contributed by atoms with Crippen LogP contribution in [0, 0.1) is 0 Å². The minimum Gasteiger partial charge on any atom is -0.484 e. The molecular weight excluding hydrogens is 220 g/mol. The van der Waals surface area contributed by atoms with Crippen molar-refractivity contribution in [3.05, 3.63) is 24.3 Å². The van der Waals surface area contributed by atoms with Gasteiger partial charge in [0.1, 0.15) is 5.75 Å². The Labute approximate surface area is 99.8 Å². The van der Waals surface area contributed by atoms with Crippen molar-refractivity contribution in [2.45, 2.75) is 12.5 Å². The summed E-state index contributed by atoms with van der Waals surface area (Å²) in [6, 6.07) is 6.89. The number of nitrogen functional groups attached to an aromatic ring is 1. The Hall–Kier alpha value is -1.75. The molecule has 0 saturated carbocycles. The largest absolute Gasteiger partial charge is 0.484 e. The molecule has 1 fully saturated rings. The molecule has 17 heavy (non-hydrogen) atoms. The number of nitrogens with zero attached hydrogens (tertiary/aromatic N) is 1. The third-order valence-corrected chi connectivity index (χ3v) is 2.76. The quantitative estimate of drug-likeness (QED) is 0.737. The Morgan fingerprint density at radius 1 is 1.47 bits per heavy atom. The van der Waals surface area contributed by atoms with Gasteiger partial charge in [-0.1, -0.05) is 0 Å². The lowest BCUT2D eigenvalue weighted by Crippen LogP contribution is -2.33. The highest BCUT2D eigenvalue weighted by Crippen LogP contribution is 2.14. The number of β-amino-alcohol motifs (C(OH)–C–C–N with tert-alkyl or cyclic N) is 1. The van der Waals surface area contributed by atoms with Crippen molar-refractivity contribution < 1.29 is 14.6 Å². The third kappa shape index (κ3) is 3.10. The van der Waals surface area contributed by atoms with Crippen molar-refractivity contribution >= 4 is 11.6 Å². The van der Waals surface area contributed by atoms with E-state index in [1.54, 1.807) is 29.2 Å². The Kier molecular flexibility index (Phi) is 3.49. The van der Waals surface area contributed by atoms with E-state index in [-0.39, 0.29) is 12.5 Å². The molecule has 92 valence electrons. The van der Waals surface area contributed by atoms with E-state index in [4.69, 9.17) is 10.5 Å². The van der Waals surface area contributed by atoms with Gasteiger partial charge in [-0.2, -0.15) is 0 Å². The minimum atomic E-state index is -0.393. The fraction of sp³-hybridized carbons (Fsp3) is 0.417. The van der Waals surface area contributed by atoms with E-state index in [1.807, 2.05) is 0 Å². The van der Waals surface area contributed by atoms with Crippen LogP contribution in [0.2, 0.25) is 0 Å². The lowest BCUT2D eigenvalue weighted by atomic mass is 10.3. The molecule has 1 amide bonds. The van der Waals surface area contributed by atoms with Gasteiger partial charge in [-0.05, 0) is 30.7 Å². The lowest BCUT2D eigenvalue weighted by molar-refractivity contribution is -0.132. The fourth-order valence-electron chi connectivity index (χ4n) is 1.77. The van der Waals surface area contributed by atoms with Gasteiger partial charge in [-0.25, -0.2) is 0 Å². The summed E-state index contributed by atoms with van der Waals surface area (Å²) in [6.45, 7) is 1.01. The van der Waals surface area contributed by atoms with E-state index in [1.165, 1.54) is 0 Å². The zero-order valence-electron chi connectivity index (χ0n) is 9.50. The van der Waals surface area contributed by atoms with Crippen molar-refractivity contribution in [1.82, 2.24) is 4.90 Å². The second kappa shape index (κ2) is 5.05. The monoisotopic (exact) mass is 236 g/mol. The summed E-state index contributed by atoms with van der Waals surface area (Å²) in [5.74, 6) is 0.519. The highest BCUT2D eigenvalue weighted by atomic mass is 16.5. The molecule has 0 aliphatic carbocycles. The third-order valence-electron chi connectivity index (χ3n) is 2.76. The molecule has 1 aliphatic heterocycles. The number of carbonyl (C=O) groups is 1. The number of benzene rings is 1. The number of aliphatic hydroxyl groups excluding tert-OH is 1. The number of hydrogen-bond acceptors (Lipinski definition) is 4. The number of nitrogens with two attached hydrogens (primary N) is 1. The molecule has 0 bridgehead atoms. The van der Waals surface area contributed by atoms with E-state index in [0.29, 0.717) is 30.9 Å². The van der Waals surface area contributed by atoms with Crippen molar-refractivity contribution in [3.63, 3.8) is 0 Å². The number of carbonyl (C=O) groups excluding carboxylic acids is 1. The van der Waals surface area contributed by atoms with E-state index in [2.05, 4.69) is 0 Å². The minimum absolute atomic E-state index is 0.00334. The summed E-state index contributed by atoms with van der Waals surface area (Å²) in [5, 5.41) is 9.32. The van der Waals surface area contributed by atoms with Crippen LogP contribution in [0.5, 0.6) is 5.75 Å². The Morgan fingerprint density at radius 2 is 2.18 bits per heavy atom. The van der Waals surface area contributed by atoms with Crippen LogP contribution in [-0.4, -0.2) is 41.7 Å². The molecule has 5 nitrogen and oxygen atoms in total. The van der Waals surface area contributed by atoms with Gasteiger partial charge in [-0.3, -0.25) is 4.79 Å². The number of ether oxygens (including phenoxy) is 1. The summed E-state index contributed by atoms with van der Waals surface area (Å²) in [6.07, 6.45) is 0.253. The van der Waals surface area contributed by atoms with E-state index in [9.17, 15) is 9.90 Å². The molecule has 1 unspecified atom stereocenters. The van der Waals surface area contributed by atoms with Crippen LogP contribution in [0.1, 0.15) is 6.42 Å². The van der Waals surface area contributed by atoms with Crippen molar-refractivity contribution in [2.24, 2.45) is 0 Å². The van der Waals surface area contributed by atoms with E-state index >= 15 is 0 Å². The molecule has 1 aliphatic rings. The average molecular weight is 236 g/mol. The maximum atomic E-state index is 11.7. The van der Waals surface area contributed by atoms with Gasteiger partial charge in [0.15, 0.2) is 6.61 Å². The Morgan fingerprint density at radius 3 is 2.76 bits per heavy atom. The first kappa shape index (κ1) is 11.7. The smallest absolute Gasteiger partial charge is 0.260 e. The van der Waals surface area contributed by atoms with Crippen LogP contribution >= 0.6 is 0 Å². The molecule has 0 spiro atoms.